The minimum atomic E-state index is -1.45. The summed E-state index contributed by atoms with van der Waals surface area (Å²) in [6, 6.07) is 0. The molecule has 0 aliphatic heterocycles. The molecule has 122 valence electrons. The fourth-order valence-corrected chi connectivity index (χ4v) is 1.80. The van der Waals surface area contributed by atoms with Crippen molar-refractivity contribution in [2.24, 2.45) is 0 Å². The number of quaternary nitrogens is 2. The van der Waals surface area contributed by atoms with Gasteiger partial charge >= 0.3 is 17.9 Å². The molecule has 1 unspecified atom stereocenters. The van der Waals surface area contributed by atoms with E-state index >= 15 is 0 Å². The summed E-state index contributed by atoms with van der Waals surface area (Å²) < 4.78 is -2.54. The molecule has 0 rings (SSSR count). The van der Waals surface area contributed by atoms with Gasteiger partial charge in [0.1, 0.15) is 6.54 Å². The zero-order valence-electron chi connectivity index (χ0n) is 11.3. The van der Waals surface area contributed by atoms with Crippen LogP contribution in [0.15, 0.2) is 0 Å². The van der Waals surface area contributed by atoms with E-state index < -0.39 is 66.5 Å². The highest BCUT2D eigenvalue weighted by Gasteiger charge is 2.38. The Balaban J connectivity index is 4.93. The van der Waals surface area contributed by atoms with Gasteiger partial charge < -0.3 is 20.4 Å². The van der Waals surface area contributed by atoms with Crippen LogP contribution in [-0.4, -0.2) is 104 Å². The second-order valence-corrected chi connectivity index (χ2v) is 4.74. The van der Waals surface area contributed by atoms with Crippen LogP contribution < -0.4 is 0 Å². The van der Waals surface area contributed by atoms with Gasteiger partial charge in [-0.15, -0.1) is 0 Å². The van der Waals surface area contributed by atoms with Gasteiger partial charge in [-0.1, -0.05) is 0 Å². The highest BCUT2D eigenvalue weighted by molar-refractivity contribution is 5.70. The molecular formula is C10H20N2O9+2. The summed E-state index contributed by atoms with van der Waals surface area (Å²) in [5.41, 5.74) is 0. The average molecular weight is 312 g/mol. The van der Waals surface area contributed by atoms with E-state index in [0.29, 0.717) is 0 Å². The van der Waals surface area contributed by atoms with Crippen LogP contribution in [0.25, 0.3) is 0 Å². The standard InChI is InChI=1S/C10H18N2O9/c13-4-3-11(20,5-8(14)15)1-2-12(21,6-9(16)17)7-10(18)19/h13,20-21H,1-7H2,(H-2,14,15,16,17,18,19)/p+2. The topological polar surface area (TPSA) is 173 Å². The molecule has 0 spiro atoms. The van der Waals surface area contributed by atoms with Crippen molar-refractivity contribution in [2.45, 2.75) is 0 Å². The van der Waals surface area contributed by atoms with Crippen molar-refractivity contribution >= 4 is 17.9 Å². The molecule has 11 nitrogen and oxygen atoms in total. The molecule has 0 bridgehead atoms. The van der Waals surface area contributed by atoms with Crippen LogP contribution in [0.4, 0.5) is 0 Å². The van der Waals surface area contributed by atoms with Gasteiger partial charge in [-0.25, -0.2) is 24.8 Å². The first-order valence-corrected chi connectivity index (χ1v) is 5.96. The smallest absolute Gasteiger partial charge is 0.362 e. The highest BCUT2D eigenvalue weighted by Crippen LogP contribution is 2.07. The van der Waals surface area contributed by atoms with Crippen LogP contribution in [0, 0.1) is 0 Å². The number of hydrogen-bond acceptors (Lipinski definition) is 6. The minimum absolute atomic E-state index is 0.355. The summed E-state index contributed by atoms with van der Waals surface area (Å²) in [6.07, 6.45) is 0. The Morgan fingerprint density at radius 3 is 1.33 bits per heavy atom. The molecule has 0 aliphatic carbocycles. The molecule has 0 amide bonds. The van der Waals surface area contributed by atoms with E-state index in [-0.39, 0.29) is 6.54 Å². The summed E-state index contributed by atoms with van der Waals surface area (Å²) in [5.74, 6) is -4.26. The zero-order valence-corrected chi connectivity index (χ0v) is 11.3. The number of rotatable bonds is 11. The molecule has 1 atom stereocenters. The Hall–Kier alpha value is -1.79. The monoisotopic (exact) mass is 312 g/mol. The molecule has 0 aromatic carbocycles. The van der Waals surface area contributed by atoms with Crippen LogP contribution in [-0.2, 0) is 14.4 Å². The molecule has 0 heterocycles. The number of carboxylic acid groups (broad SMARTS) is 3. The van der Waals surface area contributed by atoms with Gasteiger partial charge in [-0.3, -0.25) is 0 Å². The van der Waals surface area contributed by atoms with Crippen molar-refractivity contribution in [3.63, 3.8) is 0 Å². The van der Waals surface area contributed by atoms with E-state index in [2.05, 4.69) is 0 Å². The third-order valence-corrected chi connectivity index (χ3v) is 2.74. The molecule has 0 radical (unpaired) electrons. The van der Waals surface area contributed by atoms with Crippen molar-refractivity contribution in [2.75, 3.05) is 45.9 Å². The summed E-state index contributed by atoms with van der Waals surface area (Å²) in [4.78, 5) is 32.0. The van der Waals surface area contributed by atoms with Gasteiger partial charge in [-0.2, -0.15) is 9.29 Å². The lowest BCUT2D eigenvalue weighted by atomic mass is 10.3. The van der Waals surface area contributed by atoms with Crippen molar-refractivity contribution in [1.29, 1.82) is 0 Å². The number of aliphatic hydroxyl groups is 1. The van der Waals surface area contributed by atoms with Crippen molar-refractivity contribution < 1.29 is 54.5 Å². The first-order valence-electron chi connectivity index (χ1n) is 5.96. The fraction of sp³-hybridized carbons (Fsp3) is 0.700. The number of nitrogens with zero attached hydrogens (tertiary/aromatic N) is 2. The Bertz CT molecular complexity index is 384. The molecule has 0 aromatic rings. The Morgan fingerprint density at radius 1 is 0.667 bits per heavy atom. The van der Waals surface area contributed by atoms with E-state index in [1.807, 2.05) is 0 Å². The molecule has 0 fully saturated rings. The number of carboxylic acids is 3. The minimum Gasteiger partial charge on any atom is -0.477 e. The van der Waals surface area contributed by atoms with Crippen LogP contribution in [0.3, 0.4) is 0 Å². The number of aliphatic hydroxyl groups excluding tert-OH is 1. The third kappa shape index (κ3) is 8.16. The molecule has 11 heteroatoms. The van der Waals surface area contributed by atoms with E-state index in [9.17, 15) is 24.8 Å². The Labute approximate surface area is 119 Å². The number of carbonyl (C=O) groups is 3. The van der Waals surface area contributed by atoms with Crippen molar-refractivity contribution in [3.8, 4) is 0 Å². The summed E-state index contributed by atoms with van der Waals surface area (Å²) in [5, 5.41) is 54.8. The Kier molecular flexibility index (Phi) is 7.18. The number of hydrogen-bond donors (Lipinski definition) is 6. The molecule has 6 N–H and O–H groups in total. The van der Waals surface area contributed by atoms with Crippen LogP contribution in [0.1, 0.15) is 0 Å². The molecule has 21 heavy (non-hydrogen) atoms. The summed E-state index contributed by atoms with van der Waals surface area (Å²) >= 11 is 0. The van der Waals surface area contributed by atoms with E-state index in [1.54, 1.807) is 0 Å². The Morgan fingerprint density at radius 2 is 1.00 bits per heavy atom. The predicted molar refractivity (Wildman–Crippen MR) is 63.3 cm³/mol. The zero-order chi connectivity index (χ0) is 16.7. The molecule has 0 aliphatic rings. The van der Waals surface area contributed by atoms with Crippen LogP contribution >= 0.6 is 0 Å². The fourth-order valence-electron chi connectivity index (χ4n) is 1.80. The molecule has 0 saturated carbocycles. The van der Waals surface area contributed by atoms with Gasteiger partial charge in [0.05, 0.1) is 6.61 Å². The first-order chi connectivity index (χ1) is 9.52. The normalized spacial score (nSPS) is 14.4. The maximum Gasteiger partial charge on any atom is 0.362 e. The molecule has 0 saturated heterocycles. The van der Waals surface area contributed by atoms with E-state index in [0.717, 1.165) is 0 Å². The lowest BCUT2D eigenvalue weighted by Gasteiger charge is -2.32. The van der Waals surface area contributed by atoms with E-state index in [1.165, 1.54) is 0 Å². The van der Waals surface area contributed by atoms with Crippen LogP contribution in [0.2, 0.25) is 0 Å². The number of aliphatic carboxylic acids is 3. The van der Waals surface area contributed by atoms with Gasteiger partial charge in [0, 0.05) is 0 Å². The predicted octanol–water partition coefficient (Wildman–Crippen LogP) is -2.36. The van der Waals surface area contributed by atoms with Gasteiger partial charge in [-0.05, 0) is 0 Å². The highest BCUT2D eigenvalue weighted by atomic mass is 16.6. The van der Waals surface area contributed by atoms with Gasteiger partial charge in [0.2, 0.25) is 19.6 Å². The second-order valence-electron chi connectivity index (χ2n) is 4.74. The van der Waals surface area contributed by atoms with Crippen molar-refractivity contribution in [3.05, 3.63) is 0 Å². The second kappa shape index (κ2) is 7.85. The van der Waals surface area contributed by atoms with Gasteiger partial charge in [0.15, 0.2) is 13.1 Å². The lowest BCUT2D eigenvalue weighted by molar-refractivity contribution is -1.14. The SMILES string of the molecule is O=C(O)C[N+](O)(CCO)CC[N+](O)(CC(=O)O)CC(=O)O. The first kappa shape index (κ1) is 19.2. The van der Waals surface area contributed by atoms with Crippen molar-refractivity contribution in [1.82, 2.24) is 0 Å². The number of hydroxylamine groups is 6. The van der Waals surface area contributed by atoms with Gasteiger partial charge in [0.25, 0.3) is 0 Å². The molecular weight excluding hydrogens is 292 g/mol. The van der Waals surface area contributed by atoms with Crippen LogP contribution in [0.5, 0.6) is 0 Å². The molecule has 0 aromatic heterocycles. The maximum absolute atomic E-state index is 10.7. The lowest BCUT2D eigenvalue weighted by Crippen LogP contribution is -2.59. The largest absolute Gasteiger partial charge is 0.477 e. The average Bonchev–Trinajstić information content (AvgIpc) is 2.23. The third-order valence-electron chi connectivity index (χ3n) is 2.74. The quantitative estimate of drug-likeness (QED) is 0.180. The maximum atomic E-state index is 10.7. The summed E-state index contributed by atoms with van der Waals surface area (Å²) in [7, 11) is 0. The van der Waals surface area contributed by atoms with E-state index in [4.69, 9.17) is 20.4 Å². The summed E-state index contributed by atoms with van der Waals surface area (Å²) in [6.45, 7) is -4.45.